The third-order valence-corrected chi connectivity index (χ3v) is 4.26. The van der Waals surface area contributed by atoms with E-state index in [0.29, 0.717) is 11.3 Å². The van der Waals surface area contributed by atoms with E-state index in [1.807, 2.05) is 0 Å². The van der Waals surface area contributed by atoms with Crippen LogP contribution in [0.25, 0.3) is 0 Å². The maximum atomic E-state index is 11.2. The second-order valence-electron chi connectivity index (χ2n) is 5.91. The molecule has 0 atom stereocenters. The van der Waals surface area contributed by atoms with Crippen LogP contribution in [0.3, 0.4) is 0 Å². The SMILES string of the molecule is COc1ccc(N=Cc2ccc(Oc3ccc([N+](=O)[O-])cc3[N+](=O)[O-])c(Cl)c2)cc1. The van der Waals surface area contributed by atoms with E-state index in [1.165, 1.54) is 6.07 Å². The fraction of sp³-hybridized carbons (Fsp3) is 0.0500. The Morgan fingerprint density at radius 2 is 1.63 bits per heavy atom. The van der Waals surface area contributed by atoms with Gasteiger partial charge in [-0.1, -0.05) is 11.6 Å². The lowest BCUT2D eigenvalue weighted by Crippen LogP contribution is -1.96. The molecular formula is C20H14ClN3O6. The van der Waals surface area contributed by atoms with Crippen molar-refractivity contribution in [2.24, 2.45) is 4.99 Å². The highest BCUT2D eigenvalue weighted by atomic mass is 35.5. The zero-order chi connectivity index (χ0) is 21.7. The van der Waals surface area contributed by atoms with Crippen molar-refractivity contribution in [3.8, 4) is 17.2 Å². The van der Waals surface area contributed by atoms with Gasteiger partial charge in [0, 0.05) is 12.3 Å². The number of nitro groups is 2. The minimum absolute atomic E-state index is 0.160. The highest BCUT2D eigenvalue weighted by Crippen LogP contribution is 2.37. The Kier molecular flexibility index (Phi) is 6.23. The van der Waals surface area contributed by atoms with Gasteiger partial charge in [-0.15, -0.1) is 0 Å². The van der Waals surface area contributed by atoms with Crippen molar-refractivity contribution in [2.45, 2.75) is 0 Å². The maximum absolute atomic E-state index is 11.2. The summed E-state index contributed by atoms with van der Waals surface area (Å²) in [5.41, 5.74) is 0.450. The number of hydrogen-bond donors (Lipinski definition) is 0. The fourth-order valence-corrected chi connectivity index (χ4v) is 2.69. The summed E-state index contributed by atoms with van der Waals surface area (Å²) in [5, 5.41) is 22.3. The van der Waals surface area contributed by atoms with Gasteiger partial charge in [0.15, 0.2) is 0 Å². The molecule has 9 nitrogen and oxygen atoms in total. The summed E-state index contributed by atoms with van der Waals surface area (Å²) in [6, 6.07) is 15.1. The van der Waals surface area contributed by atoms with Gasteiger partial charge in [-0.2, -0.15) is 0 Å². The summed E-state index contributed by atoms with van der Waals surface area (Å²) < 4.78 is 10.6. The van der Waals surface area contributed by atoms with Crippen LogP contribution in [0, 0.1) is 20.2 Å². The molecule has 3 aromatic carbocycles. The van der Waals surface area contributed by atoms with Crippen LogP contribution in [0.15, 0.2) is 65.7 Å². The molecule has 0 spiro atoms. The van der Waals surface area contributed by atoms with Gasteiger partial charge in [0.2, 0.25) is 5.75 Å². The average molecular weight is 428 g/mol. The van der Waals surface area contributed by atoms with E-state index in [1.54, 1.807) is 49.7 Å². The van der Waals surface area contributed by atoms with E-state index >= 15 is 0 Å². The van der Waals surface area contributed by atoms with Gasteiger partial charge in [-0.3, -0.25) is 25.2 Å². The first-order chi connectivity index (χ1) is 14.4. The van der Waals surface area contributed by atoms with Crippen molar-refractivity contribution in [2.75, 3.05) is 7.11 Å². The fourth-order valence-electron chi connectivity index (χ4n) is 2.46. The average Bonchev–Trinajstić information content (AvgIpc) is 2.74. The molecule has 10 heteroatoms. The van der Waals surface area contributed by atoms with Crippen molar-refractivity contribution >= 4 is 34.9 Å². The van der Waals surface area contributed by atoms with E-state index < -0.39 is 21.2 Å². The second-order valence-corrected chi connectivity index (χ2v) is 6.32. The number of nitrogens with zero attached hydrogens (tertiary/aromatic N) is 3. The number of halogens is 1. The largest absolute Gasteiger partial charge is 0.497 e. The Morgan fingerprint density at radius 3 is 2.23 bits per heavy atom. The lowest BCUT2D eigenvalue weighted by molar-refractivity contribution is -0.394. The smallest absolute Gasteiger partial charge is 0.318 e. The number of non-ortho nitro benzene ring substituents is 1. The standard InChI is InChI=1S/C20H14ClN3O6/c1-29-16-6-3-14(4-7-16)22-12-13-2-8-19(17(21)10-13)30-20-9-5-15(23(25)26)11-18(20)24(27)28/h2-12H,1H3. The zero-order valence-corrected chi connectivity index (χ0v) is 16.3. The lowest BCUT2D eigenvalue weighted by atomic mass is 10.2. The summed E-state index contributed by atoms with van der Waals surface area (Å²) in [6.45, 7) is 0. The molecule has 0 bridgehead atoms. The zero-order valence-electron chi connectivity index (χ0n) is 15.5. The van der Waals surface area contributed by atoms with E-state index in [-0.39, 0.29) is 16.5 Å². The highest BCUT2D eigenvalue weighted by Gasteiger charge is 2.21. The highest BCUT2D eigenvalue weighted by molar-refractivity contribution is 6.32. The van der Waals surface area contributed by atoms with Gasteiger partial charge in [-0.25, -0.2) is 0 Å². The van der Waals surface area contributed by atoms with Gasteiger partial charge in [0.1, 0.15) is 11.5 Å². The van der Waals surface area contributed by atoms with Crippen LogP contribution < -0.4 is 9.47 Å². The summed E-state index contributed by atoms with van der Waals surface area (Å²) in [7, 11) is 1.58. The van der Waals surface area contributed by atoms with Gasteiger partial charge in [-0.05, 0) is 54.1 Å². The number of aliphatic imine (C=N–C) groups is 1. The quantitative estimate of drug-likeness (QED) is 0.271. The molecule has 3 aromatic rings. The Hall–Kier alpha value is -3.98. The molecule has 0 heterocycles. The van der Waals surface area contributed by atoms with Gasteiger partial charge >= 0.3 is 5.69 Å². The summed E-state index contributed by atoms with van der Waals surface area (Å²) in [4.78, 5) is 24.9. The predicted octanol–water partition coefficient (Wildman–Crippen LogP) is 5.71. The van der Waals surface area contributed by atoms with Crippen LogP contribution >= 0.6 is 11.6 Å². The van der Waals surface area contributed by atoms with E-state index in [9.17, 15) is 20.2 Å². The van der Waals surface area contributed by atoms with Gasteiger partial charge < -0.3 is 9.47 Å². The monoisotopic (exact) mass is 427 g/mol. The lowest BCUT2D eigenvalue weighted by Gasteiger charge is -2.08. The van der Waals surface area contributed by atoms with Crippen LogP contribution in [0.1, 0.15) is 5.56 Å². The van der Waals surface area contributed by atoms with Gasteiger partial charge in [0.05, 0.1) is 33.7 Å². The summed E-state index contributed by atoms with van der Waals surface area (Å²) in [6.07, 6.45) is 1.60. The van der Waals surface area contributed by atoms with Crippen molar-refractivity contribution in [3.63, 3.8) is 0 Å². The molecule has 0 N–H and O–H groups in total. The van der Waals surface area contributed by atoms with Crippen molar-refractivity contribution in [3.05, 3.63) is 91.5 Å². The Labute approximate surface area is 175 Å². The third kappa shape index (κ3) is 4.89. The molecule has 30 heavy (non-hydrogen) atoms. The number of nitro benzene ring substituents is 2. The molecule has 152 valence electrons. The molecule has 0 aliphatic carbocycles. The molecule has 0 saturated heterocycles. The summed E-state index contributed by atoms with van der Waals surface area (Å²) in [5.74, 6) is 0.723. The Balaban J connectivity index is 1.81. The topological polar surface area (TPSA) is 117 Å². The van der Waals surface area contributed by atoms with Crippen molar-refractivity contribution < 1.29 is 19.3 Å². The number of methoxy groups -OCH3 is 1. The van der Waals surface area contributed by atoms with Crippen molar-refractivity contribution in [1.82, 2.24) is 0 Å². The number of hydrogen-bond acceptors (Lipinski definition) is 7. The third-order valence-electron chi connectivity index (χ3n) is 3.96. The van der Waals surface area contributed by atoms with E-state index in [2.05, 4.69) is 4.99 Å². The molecule has 0 aliphatic rings. The summed E-state index contributed by atoms with van der Waals surface area (Å²) >= 11 is 6.23. The van der Waals surface area contributed by atoms with Gasteiger partial charge in [0.25, 0.3) is 5.69 Å². The molecular weight excluding hydrogens is 414 g/mol. The Morgan fingerprint density at radius 1 is 0.933 bits per heavy atom. The molecule has 0 unspecified atom stereocenters. The normalized spacial score (nSPS) is 10.7. The molecule has 0 saturated carbocycles. The molecule has 0 radical (unpaired) electrons. The maximum Gasteiger partial charge on any atom is 0.318 e. The molecule has 0 aromatic heterocycles. The number of rotatable bonds is 7. The molecule has 0 amide bonds. The minimum Gasteiger partial charge on any atom is -0.497 e. The molecule has 0 aliphatic heterocycles. The predicted molar refractivity (Wildman–Crippen MR) is 112 cm³/mol. The molecule has 3 rings (SSSR count). The first-order valence-corrected chi connectivity index (χ1v) is 8.83. The number of benzene rings is 3. The van der Waals surface area contributed by atoms with Crippen LogP contribution in [0.5, 0.6) is 17.2 Å². The Bertz CT molecular complexity index is 1130. The first-order valence-electron chi connectivity index (χ1n) is 8.46. The minimum atomic E-state index is -0.758. The number of ether oxygens (including phenoxy) is 2. The van der Waals surface area contributed by atoms with E-state index in [0.717, 1.165) is 23.9 Å². The second kappa shape index (κ2) is 9.01. The van der Waals surface area contributed by atoms with Crippen molar-refractivity contribution in [1.29, 1.82) is 0 Å². The van der Waals surface area contributed by atoms with Crippen LogP contribution in [0.4, 0.5) is 17.1 Å². The molecule has 0 fully saturated rings. The first kappa shape index (κ1) is 20.7. The van der Waals surface area contributed by atoms with Crippen LogP contribution in [-0.2, 0) is 0 Å². The van der Waals surface area contributed by atoms with E-state index in [4.69, 9.17) is 21.1 Å². The van der Waals surface area contributed by atoms with Crippen LogP contribution in [0.2, 0.25) is 5.02 Å². The van der Waals surface area contributed by atoms with Crippen LogP contribution in [-0.4, -0.2) is 23.2 Å².